The Morgan fingerprint density at radius 2 is 1.64 bits per heavy atom. The van der Waals surface area contributed by atoms with Crippen molar-refractivity contribution in [3.8, 4) is 22.4 Å². The predicted molar refractivity (Wildman–Crippen MR) is 87.5 cm³/mol. The van der Waals surface area contributed by atoms with Crippen LogP contribution in [0.2, 0.25) is 0 Å². The van der Waals surface area contributed by atoms with E-state index in [9.17, 15) is 9.18 Å². The number of hydrogen-bond donors (Lipinski definition) is 1. The molecule has 0 spiro atoms. The number of aromatic nitrogens is 2. The van der Waals surface area contributed by atoms with E-state index in [2.05, 4.69) is 10.2 Å². The van der Waals surface area contributed by atoms with Crippen molar-refractivity contribution in [2.75, 3.05) is 6.26 Å². The summed E-state index contributed by atoms with van der Waals surface area (Å²) < 4.78 is 13.1. The van der Waals surface area contributed by atoms with Crippen molar-refractivity contribution in [3.63, 3.8) is 0 Å². The summed E-state index contributed by atoms with van der Waals surface area (Å²) in [6.07, 6.45) is 2.01. The zero-order chi connectivity index (χ0) is 15.5. The average molecular weight is 312 g/mol. The van der Waals surface area contributed by atoms with Crippen molar-refractivity contribution in [3.05, 3.63) is 70.8 Å². The minimum Gasteiger partial charge on any atom is -0.268 e. The summed E-state index contributed by atoms with van der Waals surface area (Å²) in [5.74, 6) is -0.313. The van der Waals surface area contributed by atoms with E-state index in [-0.39, 0.29) is 11.4 Å². The van der Waals surface area contributed by atoms with Crippen LogP contribution in [0.4, 0.5) is 4.39 Å². The van der Waals surface area contributed by atoms with Crippen molar-refractivity contribution in [2.45, 2.75) is 4.90 Å². The van der Waals surface area contributed by atoms with Crippen LogP contribution in [-0.2, 0) is 0 Å². The van der Waals surface area contributed by atoms with Crippen LogP contribution >= 0.6 is 11.8 Å². The summed E-state index contributed by atoms with van der Waals surface area (Å²) in [6.45, 7) is 0. The second-order valence-corrected chi connectivity index (χ2v) is 5.61. The van der Waals surface area contributed by atoms with Crippen molar-refractivity contribution in [1.29, 1.82) is 0 Å². The highest BCUT2D eigenvalue weighted by molar-refractivity contribution is 7.98. The van der Waals surface area contributed by atoms with Crippen LogP contribution in [0.1, 0.15) is 0 Å². The molecule has 1 aromatic heterocycles. The van der Waals surface area contributed by atoms with Gasteiger partial charge < -0.3 is 0 Å². The molecule has 1 heterocycles. The monoisotopic (exact) mass is 312 g/mol. The molecule has 0 amide bonds. The van der Waals surface area contributed by atoms with Crippen LogP contribution in [0, 0.1) is 5.82 Å². The fourth-order valence-electron chi connectivity index (χ4n) is 2.22. The summed E-state index contributed by atoms with van der Waals surface area (Å²) in [5, 5.41) is 6.63. The summed E-state index contributed by atoms with van der Waals surface area (Å²) in [5.41, 5.74) is 2.71. The highest BCUT2D eigenvalue weighted by Crippen LogP contribution is 2.30. The Morgan fingerprint density at radius 1 is 1.00 bits per heavy atom. The molecule has 0 radical (unpaired) electrons. The predicted octanol–water partition coefficient (Wildman–Crippen LogP) is 3.96. The molecule has 0 aliphatic heterocycles. The fraction of sp³-hybridized carbons (Fsp3) is 0.0588. The summed E-state index contributed by atoms with van der Waals surface area (Å²) in [4.78, 5) is 12.8. The molecule has 0 aliphatic carbocycles. The first kappa shape index (κ1) is 14.5. The van der Waals surface area contributed by atoms with Gasteiger partial charge in [0.25, 0.3) is 5.56 Å². The number of hydrogen-bond acceptors (Lipinski definition) is 3. The normalized spacial score (nSPS) is 10.6. The molecule has 3 nitrogen and oxygen atoms in total. The largest absolute Gasteiger partial charge is 0.268 e. The first-order valence-electron chi connectivity index (χ1n) is 6.67. The Hall–Kier alpha value is -2.40. The Balaban J connectivity index is 2.15. The lowest BCUT2D eigenvalue weighted by atomic mass is 10.0. The van der Waals surface area contributed by atoms with Crippen LogP contribution in [0.15, 0.2) is 64.3 Å². The van der Waals surface area contributed by atoms with Crippen LogP contribution < -0.4 is 5.56 Å². The first-order valence-corrected chi connectivity index (χ1v) is 7.90. The van der Waals surface area contributed by atoms with E-state index < -0.39 is 0 Å². The molecule has 2 aromatic carbocycles. The van der Waals surface area contributed by atoms with Gasteiger partial charge in [-0.25, -0.2) is 9.49 Å². The number of H-pyrrole nitrogens is 1. The van der Waals surface area contributed by atoms with Crippen molar-refractivity contribution in [2.24, 2.45) is 0 Å². The molecule has 110 valence electrons. The van der Waals surface area contributed by atoms with E-state index >= 15 is 0 Å². The third-order valence-electron chi connectivity index (χ3n) is 3.33. The van der Waals surface area contributed by atoms with E-state index in [1.807, 2.05) is 30.5 Å². The molecule has 0 saturated carbocycles. The molecule has 22 heavy (non-hydrogen) atoms. The van der Waals surface area contributed by atoms with E-state index in [0.717, 1.165) is 16.0 Å². The molecule has 0 aliphatic rings. The van der Waals surface area contributed by atoms with Gasteiger partial charge in [-0.2, -0.15) is 5.10 Å². The van der Waals surface area contributed by atoms with Gasteiger partial charge in [-0.1, -0.05) is 24.3 Å². The Morgan fingerprint density at radius 3 is 2.27 bits per heavy atom. The zero-order valence-electron chi connectivity index (χ0n) is 11.8. The molecule has 0 unspecified atom stereocenters. The van der Waals surface area contributed by atoms with E-state index in [1.165, 1.54) is 18.2 Å². The second kappa shape index (κ2) is 6.15. The number of nitrogens with zero attached hydrogens (tertiary/aromatic N) is 1. The summed E-state index contributed by atoms with van der Waals surface area (Å²) in [7, 11) is 0. The number of benzene rings is 2. The zero-order valence-corrected chi connectivity index (χ0v) is 12.7. The Bertz CT molecular complexity index is 842. The average Bonchev–Trinajstić information content (AvgIpc) is 2.56. The smallest absolute Gasteiger partial charge is 0.264 e. The minimum atomic E-state index is -0.313. The number of rotatable bonds is 3. The molecule has 1 N–H and O–H groups in total. The lowest BCUT2D eigenvalue weighted by Crippen LogP contribution is -2.08. The van der Waals surface area contributed by atoms with Gasteiger partial charge in [0.1, 0.15) is 5.82 Å². The van der Waals surface area contributed by atoms with Crippen LogP contribution in [-0.4, -0.2) is 16.5 Å². The standard InChI is InChI=1S/C17H13FN2OS/c1-22-14-8-4-12(5-9-14)17-15(10-16(21)19-20-17)11-2-6-13(18)7-3-11/h2-10H,1H3,(H,19,21). The molecular formula is C17H13FN2OS. The van der Waals surface area contributed by atoms with Gasteiger partial charge in [0.05, 0.1) is 5.69 Å². The Kier molecular flexibility index (Phi) is 4.06. The van der Waals surface area contributed by atoms with Gasteiger partial charge in [0.2, 0.25) is 0 Å². The molecule has 5 heteroatoms. The molecule has 0 bridgehead atoms. The highest BCUT2D eigenvalue weighted by atomic mass is 32.2. The molecule has 3 aromatic rings. The van der Waals surface area contributed by atoms with E-state index in [4.69, 9.17) is 0 Å². The SMILES string of the molecule is CSc1ccc(-c2n[nH]c(=O)cc2-c2ccc(F)cc2)cc1. The Labute approximate surface area is 131 Å². The fourth-order valence-corrected chi connectivity index (χ4v) is 2.63. The number of thioether (sulfide) groups is 1. The topological polar surface area (TPSA) is 45.8 Å². The van der Waals surface area contributed by atoms with Crippen LogP contribution in [0.3, 0.4) is 0 Å². The van der Waals surface area contributed by atoms with Crippen LogP contribution in [0.25, 0.3) is 22.4 Å². The molecular weight excluding hydrogens is 299 g/mol. The maximum absolute atomic E-state index is 13.1. The number of aromatic amines is 1. The number of halogens is 1. The summed E-state index contributed by atoms with van der Waals surface area (Å²) >= 11 is 1.66. The van der Waals surface area contributed by atoms with Crippen LogP contribution in [0.5, 0.6) is 0 Å². The van der Waals surface area contributed by atoms with Crippen molar-refractivity contribution < 1.29 is 4.39 Å². The van der Waals surface area contributed by atoms with Gasteiger partial charge in [-0.15, -0.1) is 11.8 Å². The second-order valence-electron chi connectivity index (χ2n) is 4.73. The lowest BCUT2D eigenvalue weighted by molar-refractivity contribution is 0.628. The van der Waals surface area contributed by atoms with Gasteiger partial charge in [0, 0.05) is 22.1 Å². The maximum atomic E-state index is 13.1. The molecule has 0 atom stereocenters. The van der Waals surface area contributed by atoms with Crippen molar-refractivity contribution >= 4 is 11.8 Å². The van der Waals surface area contributed by atoms with E-state index in [1.54, 1.807) is 23.9 Å². The molecule has 3 rings (SSSR count). The van der Waals surface area contributed by atoms with Gasteiger partial charge in [-0.05, 0) is 36.1 Å². The highest BCUT2D eigenvalue weighted by Gasteiger charge is 2.10. The maximum Gasteiger partial charge on any atom is 0.264 e. The quantitative estimate of drug-likeness (QED) is 0.744. The molecule has 0 fully saturated rings. The van der Waals surface area contributed by atoms with Gasteiger partial charge in [-0.3, -0.25) is 4.79 Å². The minimum absolute atomic E-state index is 0.288. The third kappa shape index (κ3) is 2.94. The first-order chi connectivity index (χ1) is 10.7. The third-order valence-corrected chi connectivity index (χ3v) is 4.07. The van der Waals surface area contributed by atoms with Gasteiger partial charge in [0.15, 0.2) is 0 Å². The van der Waals surface area contributed by atoms with Gasteiger partial charge >= 0.3 is 0 Å². The summed E-state index contributed by atoms with van der Waals surface area (Å²) in [6, 6.07) is 15.4. The van der Waals surface area contributed by atoms with Crippen molar-refractivity contribution in [1.82, 2.24) is 10.2 Å². The molecule has 0 saturated heterocycles. The van der Waals surface area contributed by atoms with E-state index in [0.29, 0.717) is 11.3 Å². The lowest BCUT2D eigenvalue weighted by Gasteiger charge is -2.08. The number of nitrogens with one attached hydrogen (secondary N) is 1.